The quantitative estimate of drug-likeness (QED) is 0.771. The fraction of sp³-hybridized carbons (Fsp3) is 0.474. The Hall–Kier alpha value is -1.54. The molecule has 0 aliphatic rings. The van der Waals surface area contributed by atoms with Gasteiger partial charge in [0.15, 0.2) is 0 Å². The highest BCUT2D eigenvalue weighted by Gasteiger charge is 2.20. The lowest BCUT2D eigenvalue weighted by atomic mass is 9.85. The average molecular weight is 285 g/mol. The highest BCUT2D eigenvalue weighted by molar-refractivity contribution is 5.91. The molecule has 2 aromatic rings. The van der Waals surface area contributed by atoms with Gasteiger partial charge < -0.3 is 10.5 Å². The molecule has 0 amide bonds. The van der Waals surface area contributed by atoms with E-state index >= 15 is 0 Å². The molecule has 0 spiro atoms. The zero-order valence-corrected chi connectivity index (χ0v) is 13.4. The molecule has 0 aromatic heterocycles. The standard InChI is InChI=1S/C19H27NO/c1-4-6-9-14(5-2)19(20)17-12-13-18(21-3)16-11-8-7-10-15(16)17/h7-8,10-14,19H,4-6,9,20H2,1-3H3. The molecule has 0 saturated carbocycles. The number of hydrogen-bond donors (Lipinski definition) is 1. The van der Waals surface area contributed by atoms with E-state index in [1.165, 1.54) is 30.2 Å². The van der Waals surface area contributed by atoms with Crippen molar-refractivity contribution in [2.45, 2.75) is 45.6 Å². The third kappa shape index (κ3) is 3.38. The second-order valence-corrected chi connectivity index (χ2v) is 5.74. The monoisotopic (exact) mass is 285 g/mol. The maximum absolute atomic E-state index is 6.61. The summed E-state index contributed by atoms with van der Waals surface area (Å²) in [4.78, 5) is 0. The van der Waals surface area contributed by atoms with Crippen LogP contribution in [0.4, 0.5) is 0 Å². The van der Waals surface area contributed by atoms with Crippen LogP contribution in [0.3, 0.4) is 0 Å². The van der Waals surface area contributed by atoms with Gasteiger partial charge >= 0.3 is 0 Å². The van der Waals surface area contributed by atoms with E-state index < -0.39 is 0 Å². The number of methoxy groups -OCH3 is 1. The van der Waals surface area contributed by atoms with Gasteiger partial charge in [-0.15, -0.1) is 0 Å². The van der Waals surface area contributed by atoms with Gasteiger partial charge in [0, 0.05) is 11.4 Å². The topological polar surface area (TPSA) is 35.2 Å². The van der Waals surface area contributed by atoms with Gasteiger partial charge in [0.1, 0.15) is 5.75 Å². The van der Waals surface area contributed by atoms with E-state index in [0.29, 0.717) is 5.92 Å². The van der Waals surface area contributed by atoms with E-state index in [2.05, 4.69) is 44.2 Å². The molecule has 0 aliphatic carbocycles. The first-order chi connectivity index (χ1) is 10.2. The van der Waals surface area contributed by atoms with Crippen molar-refractivity contribution in [1.82, 2.24) is 0 Å². The minimum Gasteiger partial charge on any atom is -0.496 e. The lowest BCUT2D eigenvalue weighted by Gasteiger charge is -2.24. The van der Waals surface area contributed by atoms with Gasteiger partial charge in [-0.05, 0) is 29.4 Å². The number of ether oxygens (including phenoxy) is 1. The largest absolute Gasteiger partial charge is 0.496 e. The van der Waals surface area contributed by atoms with Crippen LogP contribution in [0.5, 0.6) is 5.75 Å². The minimum atomic E-state index is 0.0948. The van der Waals surface area contributed by atoms with Gasteiger partial charge in [0.05, 0.1) is 7.11 Å². The van der Waals surface area contributed by atoms with Crippen molar-refractivity contribution in [3.63, 3.8) is 0 Å². The van der Waals surface area contributed by atoms with Crippen molar-refractivity contribution in [3.05, 3.63) is 42.0 Å². The van der Waals surface area contributed by atoms with Crippen molar-refractivity contribution in [1.29, 1.82) is 0 Å². The number of hydrogen-bond acceptors (Lipinski definition) is 2. The molecule has 2 atom stereocenters. The summed E-state index contributed by atoms with van der Waals surface area (Å²) in [5, 5.41) is 2.37. The van der Waals surface area contributed by atoms with E-state index in [4.69, 9.17) is 10.5 Å². The highest BCUT2D eigenvalue weighted by Crippen LogP contribution is 2.35. The van der Waals surface area contributed by atoms with Crippen LogP contribution in [0.15, 0.2) is 36.4 Å². The highest BCUT2D eigenvalue weighted by atomic mass is 16.5. The number of rotatable bonds is 7. The Bertz CT molecular complexity index is 579. The molecule has 0 saturated heterocycles. The van der Waals surface area contributed by atoms with E-state index in [0.717, 1.165) is 17.6 Å². The van der Waals surface area contributed by atoms with E-state index in [1.807, 2.05) is 6.07 Å². The molecular formula is C19H27NO. The first kappa shape index (κ1) is 15.8. The number of benzene rings is 2. The molecule has 0 radical (unpaired) electrons. The van der Waals surface area contributed by atoms with Gasteiger partial charge in [0.25, 0.3) is 0 Å². The van der Waals surface area contributed by atoms with Crippen LogP contribution in [-0.4, -0.2) is 7.11 Å². The molecule has 21 heavy (non-hydrogen) atoms. The van der Waals surface area contributed by atoms with Gasteiger partial charge in [-0.2, -0.15) is 0 Å². The van der Waals surface area contributed by atoms with Gasteiger partial charge in [-0.3, -0.25) is 0 Å². The Balaban J connectivity index is 2.41. The second kappa shape index (κ2) is 7.46. The maximum Gasteiger partial charge on any atom is 0.126 e. The lowest BCUT2D eigenvalue weighted by Crippen LogP contribution is -2.21. The predicted octanol–water partition coefficient (Wildman–Crippen LogP) is 5.06. The first-order valence-corrected chi connectivity index (χ1v) is 8.04. The number of nitrogens with two attached hydrogens (primary N) is 1. The summed E-state index contributed by atoms with van der Waals surface area (Å²) in [5.74, 6) is 1.46. The van der Waals surface area contributed by atoms with Crippen molar-refractivity contribution < 1.29 is 4.74 Å². The predicted molar refractivity (Wildman–Crippen MR) is 90.7 cm³/mol. The molecule has 2 nitrogen and oxygen atoms in total. The third-order valence-electron chi connectivity index (χ3n) is 4.46. The van der Waals surface area contributed by atoms with Crippen LogP contribution in [0.2, 0.25) is 0 Å². The van der Waals surface area contributed by atoms with E-state index in [-0.39, 0.29) is 6.04 Å². The average Bonchev–Trinajstić information content (AvgIpc) is 2.54. The zero-order valence-electron chi connectivity index (χ0n) is 13.4. The normalized spacial score (nSPS) is 14.1. The van der Waals surface area contributed by atoms with Crippen molar-refractivity contribution in [2.75, 3.05) is 7.11 Å². The Morgan fingerprint density at radius 1 is 1.05 bits per heavy atom. The van der Waals surface area contributed by atoms with Crippen molar-refractivity contribution >= 4 is 10.8 Å². The third-order valence-corrected chi connectivity index (χ3v) is 4.46. The van der Waals surface area contributed by atoms with Crippen LogP contribution in [-0.2, 0) is 0 Å². The Kier molecular flexibility index (Phi) is 5.63. The summed E-state index contributed by atoms with van der Waals surface area (Å²) in [6, 6.07) is 12.7. The molecule has 2 rings (SSSR count). The first-order valence-electron chi connectivity index (χ1n) is 8.04. The van der Waals surface area contributed by atoms with Gasteiger partial charge in [-0.25, -0.2) is 0 Å². The summed E-state index contributed by atoms with van der Waals surface area (Å²) in [7, 11) is 1.72. The van der Waals surface area contributed by atoms with E-state index in [9.17, 15) is 0 Å². The lowest BCUT2D eigenvalue weighted by molar-refractivity contribution is 0.379. The smallest absolute Gasteiger partial charge is 0.126 e. The molecule has 0 heterocycles. The summed E-state index contributed by atoms with van der Waals surface area (Å²) < 4.78 is 5.47. The van der Waals surface area contributed by atoms with Crippen molar-refractivity contribution in [2.24, 2.45) is 11.7 Å². The van der Waals surface area contributed by atoms with Gasteiger partial charge in [-0.1, -0.05) is 63.4 Å². The Morgan fingerprint density at radius 2 is 1.76 bits per heavy atom. The molecule has 0 fully saturated rings. The molecule has 2 heteroatoms. The van der Waals surface area contributed by atoms with Crippen LogP contribution in [0.1, 0.15) is 51.1 Å². The van der Waals surface area contributed by atoms with Crippen LogP contribution < -0.4 is 10.5 Å². The fourth-order valence-electron chi connectivity index (χ4n) is 3.12. The summed E-state index contributed by atoms with van der Waals surface area (Å²) in [6.07, 6.45) is 4.81. The Morgan fingerprint density at radius 3 is 2.38 bits per heavy atom. The molecule has 2 aromatic carbocycles. The minimum absolute atomic E-state index is 0.0948. The molecule has 2 N–H and O–H groups in total. The SMILES string of the molecule is CCCCC(CC)C(N)c1ccc(OC)c2ccccc12. The number of fused-ring (bicyclic) bond motifs is 1. The zero-order chi connectivity index (χ0) is 15.2. The van der Waals surface area contributed by atoms with Crippen LogP contribution in [0.25, 0.3) is 10.8 Å². The van der Waals surface area contributed by atoms with E-state index in [1.54, 1.807) is 7.11 Å². The second-order valence-electron chi connectivity index (χ2n) is 5.74. The fourth-order valence-corrected chi connectivity index (χ4v) is 3.12. The Labute approximate surface area is 128 Å². The molecule has 114 valence electrons. The van der Waals surface area contributed by atoms with Crippen LogP contribution >= 0.6 is 0 Å². The summed E-state index contributed by atoms with van der Waals surface area (Å²) in [6.45, 7) is 4.48. The molecule has 0 aliphatic heterocycles. The van der Waals surface area contributed by atoms with Crippen LogP contribution in [0, 0.1) is 5.92 Å². The molecular weight excluding hydrogens is 258 g/mol. The summed E-state index contributed by atoms with van der Waals surface area (Å²) >= 11 is 0. The number of unbranched alkanes of at least 4 members (excludes halogenated alkanes) is 1. The maximum atomic E-state index is 6.61. The summed E-state index contributed by atoms with van der Waals surface area (Å²) in [5.41, 5.74) is 7.85. The van der Waals surface area contributed by atoms with Gasteiger partial charge in [0.2, 0.25) is 0 Å². The van der Waals surface area contributed by atoms with Crippen molar-refractivity contribution in [3.8, 4) is 5.75 Å². The molecule has 2 unspecified atom stereocenters. The molecule has 0 bridgehead atoms.